The van der Waals surface area contributed by atoms with Gasteiger partial charge in [-0.05, 0) is 50.8 Å². The third kappa shape index (κ3) is 3.93. The molecule has 2 aliphatic rings. The highest BCUT2D eigenvalue weighted by Crippen LogP contribution is 2.25. The van der Waals surface area contributed by atoms with Crippen molar-refractivity contribution in [3.63, 3.8) is 0 Å². The lowest BCUT2D eigenvalue weighted by molar-refractivity contribution is 0.0655. The largest absolute Gasteiger partial charge is 0.490 e. The van der Waals surface area contributed by atoms with Crippen molar-refractivity contribution in [3.05, 3.63) is 29.8 Å². The number of benzene rings is 1. The molecular weight excluding hydrogens is 300 g/mol. The second kappa shape index (κ2) is 7.84. The summed E-state index contributed by atoms with van der Waals surface area (Å²) < 4.78 is 6.00. The Morgan fingerprint density at radius 1 is 1.32 bits per heavy atom. The van der Waals surface area contributed by atoms with Gasteiger partial charge in [-0.3, -0.25) is 4.79 Å². The molecule has 1 amide bonds. The van der Waals surface area contributed by atoms with E-state index in [2.05, 4.69) is 12.2 Å². The van der Waals surface area contributed by atoms with Gasteiger partial charge in [0.25, 0.3) is 5.91 Å². The number of nitrogens with zero attached hydrogens (tertiary/aromatic N) is 1. The SMILES string of the molecule is C[C@H]1CNCCN1C(=O)c1cccc(OC2CCCC2)c1.Cl. The Balaban J connectivity index is 0.00000176. The van der Waals surface area contributed by atoms with E-state index in [1.54, 1.807) is 0 Å². The van der Waals surface area contributed by atoms with Gasteiger partial charge in [-0.25, -0.2) is 0 Å². The standard InChI is InChI=1S/C17H24N2O2.ClH/c1-13-12-18-9-10-19(13)17(20)14-5-4-8-16(11-14)21-15-6-2-3-7-15;/h4-5,8,11,13,15,18H,2-3,6-7,9-10,12H2,1H3;1H/t13-;/m0./s1. The number of hydrogen-bond donors (Lipinski definition) is 1. The van der Waals surface area contributed by atoms with Gasteiger partial charge in [0, 0.05) is 31.2 Å². The summed E-state index contributed by atoms with van der Waals surface area (Å²) in [4.78, 5) is 14.6. The smallest absolute Gasteiger partial charge is 0.254 e. The van der Waals surface area contributed by atoms with Crippen molar-refractivity contribution in [1.82, 2.24) is 10.2 Å². The molecule has 1 heterocycles. The predicted molar refractivity (Wildman–Crippen MR) is 89.9 cm³/mol. The van der Waals surface area contributed by atoms with Gasteiger partial charge in [0.05, 0.1) is 6.10 Å². The van der Waals surface area contributed by atoms with Gasteiger partial charge in [-0.15, -0.1) is 12.4 Å². The summed E-state index contributed by atoms with van der Waals surface area (Å²) in [5.74, 6) is 0.941. The molecule has 1 saturated heterocycles. The number of hydrogen-bond acceptors (Lipinski definition) is 3. The molecule has 1 aromatic rings. The second-order valence-electron chi connectivity index (χ2n) is 6.10. The highest BCUT2D eigenvalue weighted by atomic mass is 35.5. The van der Waals surface area contributed by atoms with Crippen LogP contribution in [0.1, 0.15) is 43.0 Å². The highest BCUT2D eigenvalue weighted by Gasteiger charge is 2.24. The van der Waals surface area contributed by atoms with E-state index in [0.29, 0.717) is 6.10 Å². The van der Waals surface area contributed by atoms with Crippen LogP contribution in [0.2, 0.25) is 0 Å². The van der Waals surface area contributed by atoms with Gasteiger partial charge >= 0.3 is 0 Å². The van der Waals surface area contributed by atoms with Crippen LogP contribution >= 0.6 is 12.4 Å². The molecule has 1 saturated carbocycles. The molecule has 3 rings (SSSR count). The van der Waals surface area contributed by atoms with Crippen LogP contribution in [-0.2, 0) is 0 Å². The number of nitrogens with one attached hydrogen (secondary N) is 1. The van der Waals surface area contributed by atoms with E-state index in [1.165, 1.54) is 12.8 Å². The van der Waals surface area contributed by atoms with Crippen LogP contribution in [0.3, 0.4) is 0 Å². The fourth-order valence-corrected chi connectivity index (χ4v) is 3.21. The van der Waals surface area contributed by atoms with Crippen molar-refractivity contribution in [2.45, 2.75) is 44.8 Å². The molecule has 0 spiro atoms. The first-order valence-electron chi connectivity index (χ1n) is 8.02. The Labute approximate surface area is 138 Å². The molecule has 0 unspecified atom stereocenters. The van der Waals surface area contributed by atoms with Crippen molar-refractivity contribution in [2.75, 3.05) is 19.6 Å². The predicted octanol–water partition coefficient (Wildman–Crippen LogP) is 2.86. The normalized spacial score (nSPS) is 22.2. The van der Waals surface area contributed by atoms with E-state index in [-0.39, 0.29) is 24.4 Å². The van der Waals surface area contributed by atoms with E-state index in [9.17, 15) is 4.79 Å². The Hall–Kier alpha value is -1.26. The van der Waals surface area contributed by atoms with Gasteiger partial charge < -0.3 is 15.0 Å². The van der Waals surface area contributed by atoms with Gasteiger partial charge in [0.15, 0.2) is 0 Å². The summed E-state index contributed by atoms with van der Waals surface area (Å²) in [6.07, 6.45) is 5.09. The number of ether oxygens (including phenoxy) is 1. The fraction of sp³-hybridized carbons (Fsp3) is 0.588. The van der Waals surface area contributed by atoms with Crippen molar-refractivity contribution in [1.29, 1.82) is 0 Å². The first-order chi connectivity index (χ1) is 10.2. The average molecular weight is 325 g/mol. The maximum atomic E-state index is 12.6. The quantitative estimate of drug-likeness (QED) is 0.929. The van der Waals surface area contributed by atoms with Crippen molar-refractivity contribution in [3.8, 4) is 5.75 Å². The molecule has 1 aromatic carbocycles. The van der Waals surface area contributed by atoms with E-state index < -0.39 is 0 Å². The molecule has 0 aromatic heterocycles. The molecule has 5 heteroatoms. The minimum absolute atomic E-state index is 0. The molecular formula is C17H25ClN2O2. The number of piperazine rings is 1. The lowest BCUT2D eigenvalue weighted by atomic mass is 10.1. The summed E-state index contributed by atoms with van der Waals surface area (Å²) in [5, 5.41) is 3.31. The molecule has 4 nitrogen and oxygen atoms in total. The fourth-order valence-electron chi connectivity index (χ4n) is 3.21. The van der Waals surface area contributed by atoms with Crippen LogP contribution in [0, 0.1) is 0 Å². The molecule has 2 fully saturated rings. The monoisotopic (exact) mass is 324 g/mol. The Bertz CT molecular complexity index is 503. The van der Waals surface area contributed by atoms with Crippen LogP contribution < -0.4 is 10.1 Å². The summed E-state index contributed by atoms with van der Waals surface area (Å²) in [6.45, 7) is 4.59. The van der Waals surface area contributed by atoms with E-state index in [4.69, 9.17) is 4.74 Å². The van der Waals surface area contributed by atoms with Crippen LogP contribution in [0.4, 0.5) is 0 Å². The Morgan fingerprint density at radius 2 is 2.09 bits per heavy atom. The second-order valence-corrected chi connectivity index (χ2v) is 6.10. The average Bonchev–Trinajstić information content (AvgIpc) is 3.00. The zero-order chi connectivity index (χ0) is 14.7. The van der Waals surface area contributed by atoms with Crippen molar-refractivity contribution in [2.24, 2.45) is 0 Å². The first kappa shape index (κ1) is 17.1. The van der Waals surface area contributed by atoms with E-state index in [1.807, 2.05) is 29.2 Å². The van der Waals surface area contributed by atoms with Gasteiger partial charge in [-0.2, -0.15) is 0 Å². The molecule has 122 valence electrons. The summed E-state index contributed by atoms with van der Waals surface area (Å²) in [6, 6.07) is 7.90. The van der Waals surface area contributed by atoms with E-state index in [0.717, 1.165) is 43.8 Å². The lowest BCUT2D eigenvalue weighted by Crippen LogP contribution is -2.52. The molecule has 0 radical (unpaired) electrons. The van der Waals surface area contributed by atoms with E-state index >= 15 is 0 Å². The Morgan fingerprint density at radius 3 is 2.82 bits per heavy atom. The third-order valence-corrected chi connectivity index (χ3v) is 4.45. The van der Waals surface area contributed by atoms with Gasteiger partial charge in [0.1, 0.15) is 5.75 Å². The maximum absolute atomic E-state index is 12.6. The topological polar surface area (TPSA) is 41.6 Å². The van der Waals surface area contributed by atoms with Crippen LogP contribution in [0.5, 0.6) is 5.75 Å². The van der Waals surface area contributed by atoms with Crippen LogP contribution in [0.15, 0.2) is 24.3 Å². The number of carbonyl (C=O) groups is 1. The molecule has 1 atom stereocenters. The minimum atomic E-state index is 0. The van der Waals surface area contributed by atoms with Crippen LogP contribution in [-0.4, -0.2) is 42.6 Å². The number of amides is 1. The third-order valence-electron chi connectivity index (χ3n) is 4.45. The maximum Gasteiger partial charge on any atom is 0.254 e. The summed E-state index contributed by atoms with van der Waals surface area (Å²) in [7, 11) is 0. The minimum Gasteiger partial charge on any atom is -0.490 e. The number of halogens is 1. The molecule has 22 heavy (non-hydrogen) atoms. The number of carbonyl (C=O) groups excluding carboxylic acids is 1. The first-order valence-corrected chi connectivity index (χ1v) is 8.02. The molecule has 1 aliphatic carbocycles. The molecule has 1 N–H and O–H groups in total. The lowest BCUT2D eigenvalue weighted by Gasteiger charge is -2.34. The number of rotatable bonds is 3. The van der Waals surface area contributed by atoms with Gasteiger partial charge in [0.2, 0.25) is 0 Å². The Kier molecular flexibility index (Phi) is 6.09. The van der Waals surface area contributed by atoms with Crippen molar-refractivity contribution < 1.29 is 9.53 Å². The summed E-state index contributed by atoms with van der Waals surface area (Å²) in [5.41, 5.74) is 0.735. The molecule has 1 aliphatic heterocycles. The zero-order valence-corrected chi connectivity index (χ0v) is 13.9. The molecule has 0 bridgehead atoms. The zero-order valence-electron chi connectivity index (χ0n) is 13.1. The highest BCUT2D eigenvalue weighted by molar-refractivity contribution is 5.94. The van der Waals surface area contributed by atoms with Gasteiger partial charge in [-0.1, -0.05) is 6.07 Å². The summed E-state index contributed by atoms with van der Waals surface area (Å²) >= 11 is 0. The van der Waals surface area contributed by atoms with Crippen molar-refractivity contribution >= 4 is 18.3 Å². The van der Waals surface area contributed by atoms with Crippen LogP contribution in [0.25, 0.3) is 0 Å².